The van der Waals surface area contributed by atoms with Crippen molar-refractivity contribution < 1.29 is 24.2 Å². The quantitative estimate of drug-likeness (QED) is 0.201. The lowest BCUT2D eigenvalue weighted by Gasteiger charge is -2.66. The van der Waals surface area contributed by atoms with Crippen LogP contribution in [0.2, 0.25) is 0 Å². The molecule has 0 aromatic carbocycles. The SMILES string of the molecule is C.CC1CCCC2(C(=O)N(C)C)CCC3C(=CCC4C3(C)CCC3C(C)C(OC(=O)CC(C)(C)C=O)CCC34C)C12.CO. The maximum absolute atomic E-state index is 13.8. The molecule has 10 atom stereocenters. The van der Waals surface area contributed by atoms with E-state index in [0.717, 1.165) is 51.9 Å². The Kier molecular flexibility index (Phi) is 10.8. The maximum atomic E-state index is 13.8. The molecule has 0 saturated heterocycles. The molecular formula is C37H63NO5. The van der Waals surface area contributed by atoms with E-state index < -0.39 is 5.41 Å². The van der Waals surface area contributed by atoms with Crippen LogP contribution in [0.25, 0.3) is 0 Å². The van der Waals surface area contributed by atoms with Crippen LogP contribution in [0, 0.1) is 57.2 Å². The van der Waals surface area contributed by atoms with E-state index in [-0.39, 0.29) is 42.2 Å². The summed E-state index contributed by atoms with van der Waals surface area (Å²) in [6.07, 6.45) is 14.8. The van der Waals surface area contributed by atoms with Gasteiger partial charge >= 0.3 is 5.97 Å². The third-order valence-corrected chi connectivity index (χ3v) is 13.1. The smallest absolute Gasteiger partial charge is 0.307 e. The summed E-state index contributed by atoms with van der Waals surface area (Å²) in [6.45, 7) is 13.5. The lowest BCUT2D eigenvalue weighted by Crippen LogP contribution is -2.61. The van der Waals surface area contributed by atoms with E-state index in [0.29, 0.717) is 41.4 Å². The molecule has 43 heavy (non-hydrogen) atoms. The van der Waals surface area contributed by atoms with Gasteiger partial charge in [-0.1, -0.05) is 73.5 Å². The van der Waals surface area contributed by atoms with Crippen LogP contribution in [0.3, 0.4) is 0 Å². The highest BCUT2D eigenvalue weighted by Gasteiger charge is 2.64. The van der Waals surface area contributed by atoms with Gasteiger partial charge in [-0.05, 0) is 97.7 Å². The fourth-order valence-corrected chi connectivity index (χ4v) is 11.3. The van der Waals surface area contributed by atoms with Crippen LogP contribution < -0.4 is 0 Å². The molecule has 5 aliphatic rings. The second-order valence-corrected chi connectivity index (χ2v) is 16.2. The molecular weight excluding hydrogens is 538 g/mol. The molecule has 5 aliphatic carbocycles. The molecule has 1 N–H and O–H groups in total. The largest absolute Gasteiger partial charge is 0.462 e. The minimum Gasteiger partial charge on any atom is -0.462 e. The zero-order chi connectivity index (χ0) is 31.3. The van der Waals surface area contributed by atoms with Gasteiger partial charge in [-0.2, -0.15) is 0 Å². The van der Waals surface area contributed by atoms with Gasteiger partial charge in [0.15, 0.2) is 0 Å². The molecule has 0 spiro atoms. The number of rotatable bonds is 5. The Morgan fingerprint density at radius 1 is 1.02 bits per heavy atom. The molecule has 1 amide bonds. The van der Waals surface area contributed by atoms with Crippen molar-refractivity contribution in [3.8, 4) is 0 Å². The molecule has 6 nitrogen and oxygen atoms in total. The molecule has 0 radical (unpaired) electrons. The van der Waals surface area contributed by atoms with E-state index in [1.54, 1.807) is 19.4 Å². The topological polar surface area (TPSA) is 83.9 Å². The first-order valence-corrected chi connectivity index (χ1v) is 16.7. The summed E-state index contributed by atoms with van der Waals surface area (Å²) in [5, 5.41) is 7.00. The van der Waals surface area contributed by atoms with Crippen molar-refractivity contribution in [3.05, 3.63) is 11.6 Å². The minimum absolute atomic E-state index is 0. The maximum Gasteiger partial charge on any atom is 0.307 e. The Balaban J connectivity index is 0.00000165. The Bertz CT molecular complexity index is 1070. The number of esters is 1. The first-order chi connectivity index (χ1) is 19.7. The van der Waals surface area contributed by atoms with Crippen molar-refractivity contribution in [2.24, 2.45) is 57.2 Å². The molecule has 0 aromatic rings. The number of amides is 1. The van der Waals surface area contributed by atoms with E-state index in [1.807, 2.05) is 19.0 Å². The molecule has 0 aromatic heterocycles. The van der Waals surface area contributed by atoms with Crippen LogP contribution >= 0.6 is 0 Å². The van der Waals surface area contributed by atoms with Crippen molar-refractivity contribution in [1.82, 2.24) is 4.90 Å². The number of aliphatic hydroxyl groups is 1. The zero-order valence-corrected chi connectivity index (χ0v) is 28.0. The van der Waals surface area contributed by atoms with E-state index in [1.165, 1.54) is 25.7 Å². The Labute approximate surface area is 262 Å². The van der Waals surface area contributed by atoms with Gasteiger partial charge in [-0.15, -0.1) is 0 Å². The van der Waals surface area contributed by atoms with Gasteiger partial charge in [0, 0.05) is 26.6 Å². The highest BCUT2D eigenvalue weighted by Crippen LogP contribution is 2.70. The molecule has 0 aliphatic heterocycles. The molecule has 0 bridgehead atoms. The number of carbonyl (C=O) groups is 3. The van der Waals surface area contributed by atoms with E-state index in [2.05, 4.69) is 33.8 Å². The van der Waals surface area contributed by atoms with Crippen LogP contribution in [-0.2, 0) is 19.1 Å². The molecule has 4 saturated carbocycles. The molecule has 4 fully saturated rings. The van der Waals surface area contributed by atoms with Gasteiger partial charge < -0.3 is 19.5 Å². The summed E-state index contributed by atoms with van der Waals surface area (Å²) in [7, 11) is 4.90. The number of aldehydes is 1. The number of nitrogens with zero attached hydrogens (tertiary/aromatic N) is 1. The average Bonchev–Trinajstić information content (AvgIpc) is 2.94. The van der Waals surface area contributed by atoms with Gasteiger partial charge in [0.25, 0.3) is 0 Å². The van der Waals surface area contributed by atoms with Crippen LogP contribution in [0.4, 0.5) is 0 Å². The zero-order valence-electron chi connectivity index (χ0n) is 28.0. The normalized spacial score (nSPS) is 41.6. The number of aliphatic hydroxyl groups excluding tert-OH is 1. The standard InChI is InChI=1S/C35H55NO4.CH4O.CH4/c1-22-10-9-16-35(31(39)36(7)8)19-14-26-24(30(22)35)11-12-28-33(5)18-15-27(40-29(38)20-32(3,4)21-37)23(2)25(33)13-17-34(26,28)6;1-2;/h11,21-23,25-28,30H,9-10,12-20H2,1-8H3;2H,1H3;1H4. The van der Waals surface area contributed by atoms with Gasteiger partial charge in [0.2, 0.25) is 5.91 Å². The van der Waals surface area contributed by atoms with E-state index >= 15 is 0 Å². The molecule has 0 heterocycles. The Morgan fingerprint density at radius 2 is 1.67 bits per heavy atom. The summed E-state index contributed by atoms with van der Waals surface area (Å²) in [5.74, 6) is 3.15. The van der Waals surface area contributed by atoms with E-state index in [9.17, 15) is 14.4 Å². The fraction of sp³-hybridized carbons (Fsp3) is 0.865. The summed E-state index contributed by atoms with van der Waals surface area (Å²) in [6, 6.07) is 0. The van der Waals surface area contributed by atoms with Crippen LogP contribution in [-0.4, -0.2) is 55.5 Å². The second kappa shape index (κ2) is 13.0. The number of hydrogen-bond acceptors (Lipinski definition) is 5. The monoisotopic (exact) mass is 601 g/mol. The van der Waals surface area contributed by atoms with Crippen molar-refractivity contribution in [3.63, 3.8) is 0 Å². The first kappa shape index (κ1) is 35.8. The van der Waals surface area contributed by atoms with E-state index in [4.69, 9.17) is 9.84 Å². The number of carbonyl (C=O) groups excluding carboxylic acids is 3. The number of allylic oxidation sites excluding steroid dienone is 2. The van der Waals surface area contributed by atoms with Crippen molar-refractivity contribution in [2.75, 3.05) is 21.2 Å². The van der Waals surface area contributed by atoms with Crippen LogP contribution in [0.5, 0.6) is 0 Å². The minimum atomic E-state index is -0.674. The fourth-order valence-electron chi connectivity index (χ4n) is 11.3. The van der Waals surface area contributed by atoms with Crippen molar-refractivity contribution in [2.45, 2.75) is 126 Å². The molecule has 5 rings (SSSR count). The Hall–Kier alpha value is -1.69. The summed E-state index contributed by atoms with van der Waals surface area (Å²) < 4.78 is 6.06. The highest BCUT2D eigenvalue weighted by atomic mass is 16.5. The van der Waals surface area contributed by atoms with Crippen molar-refractivity contribution in [1.29, 1.82) is 0 Å². The first-order valence-electron chi connectivity index (χ1n) is 16.7. The van der Waals surface area contributed by atoms with Crippen LogP contribution in [0.1, 0.15) is 120 Å². The number of ether oxygens (including phenoxy) is 1. The third kappa shape index (κ3) is 5.88. The van der Waals surface area contributed by atoms with Crippen LogP contribution in [0.15, 0.2) is 11.6 Å². The van der Waals surface area contributed by atoms with Crippen molar-refractivity contribution >= 4 is 18.2 Å². The highest BCUT2D eigenvalue weighted by molar-refractivity contribution is 5.83. The van der Waals surface area contributed by atoms with Gasteiger partial charge in [-0.3, -0.25) is 9.59 Å². The summed E-state index contributed by atoms with van der Waals surface area (Å²) >= 11 is 0. The lowest BCUT2D eigenvalue weighted by atomic mass is 9.38. The predicted octanol–water partition coefficient (Wildman–Crippen LogP) is 7.48. The van der Waals surface area contributed by atoms with Gasteiger partial charge in [-0.25, -0.2) is 0 Å². The summed E-state index contributed by atoms with van der Waals surface area (Å²) in [5.41, 5.74) is 1.25. The number of fused-ring (bicyclic) bond motifs is 7. The molecule has 10 unspecified atom stereocenters. The average molecular weight is 602 g/mol. The molecule has 246 valence electrons. The van der Waals surface area contributed by atoms with Gasteiger partial charge in [0.1, 0.15) is 12.4 Å². The van der Waals surface area contributed by atoms with Gasteiger partial charge in [0.05, 0.1) is 11.8 Å². The lowest BCUT2D eigenvalue weighted by molar-refractivity contribution is -0.181. The third-order valence-electron chi connectivity index (χ3n) is 13.1. The second-order valence-electron chi connectivity index (χ2n) is 16.2. The Morgan fingerprint density at radius 3 is 2.30 bits per heavy atom. The number of hydrogen-bond donors (Lipinski definition) is 1. The summed E-state index contributed by atoms with van der Waals surface area (Å²) in [4.78, 5) is 39.7. The molecule has 6 heteroatoms. The predicted molar refractivity (Wildman–Crippen MR) is 173 cm³/mol.